The number of hydrogen-bond acceptors (Lipinski definition) is 3. The average molecular weight is 289 g/mol. The molecule has 5 heteroatoms. The van der Waals surface area contributed by atoms with Crippen LogP contribution in [0.5, 0.6) is 0 Å². The van der Waals surface area contributed by atoms with Crippen molar-refractivity contribution >= 4 is 11.8 Å². The summed E-state index contributed by atoms with van der Waals surface area (Å²) in [5, 5.41) is 2.64. The summed E-state index contributed by atoms with van der Waals surface area (Å²) in [7, 11) is 0. The molecule has 1 saturated heterocycles. The second-order valence-electron chi connectivity index (χ2n) is 5.44. The summed E-state index contributed by atoms with van der Waals surface area (Å²) in [5.41, 5.74) is 7.03. The molecule has 2 amide bonds. The monoisotopic (exact) mass is 289 g/mol. The Labute approximate surface area is 125 Å². The van der Waals surface area contributed by atoms with E-state index in [1.165, 1.54) is 0 Å². The molecule has 0 radical (unpaired) electrons. The average Bonchev–Trinajstić information content (AvgIpc) is 3.05. The highest BCUT2D eigenvalue weighted by atomic mass is 16.2. The number of amides is 2. The Balaban J connectivity index is 1.68. The molecule has 1 heterocycles. The SMILES string of the molecule is N[C@@H](CCc1ccccc1)C(=O)NCC(=O)N1CCCC1. The van der Waals surface area contributed by atoms with Gasteiger partial charge in [-0.25, -0.2) is 0 Å². The molecular weight excluding hydrogens is 266 g/mol. The third kappa shape index (κ3) is 4.86. The lowest BCUT2D eigenvalue weighted by atomic mass is 10.1. The van der Waals surface area contributed by atoms with Crippen molar-refractivity contribution in [2.45, 2.75) is 31.7 Å². The third-order valence-corrected chi connectivity index (χ3v) is 3.80. The van der Waals surface area contributed by atoms with Crippen LogP contribution in [-0.2, 0) is 16.0 Å². The molecule has 0 spiro atoms. The predicted molar refractivity (Wildman–Crippen MR) is 81.6 cm³/mol. The van der Waals surface area contributed by atoms with Gasteiger partial charge >= 0.3 is 0 Å². The molecule has 21 heavy (non-hydrogen) atoms. The molecule has 0 aliphatic carbocycles. The first-order valence-electron chi connectivity index (χ1n) is 7.52. The molecule has 1 atom stereocenters. The van der Waals surface area contributed by atoms with Crippen molar-refractivity contribution < 1.29 is 9.59 Å². The van der Waals surface area contributed by atoms with Crippen molar-refractivity contribution in [2.24, 2.45) is 5.73 Å². The second-order valence-corrected chi connectivity index (χ2v) is 5.44. The first kappa shape index (κ1) is 15.5. The maximum Gasteiger partial charge on any atom is 0.241 e. The van der Waals surface area contributed by atoms with Gasteiger partial charge in [0.25, 0.3) is 0 Å². The Morgan fingerprint density at radius 1 is 1.19 bits per heavy atom. The highest BCUT2D eigenvalue weighted by Gasteiger charge is 2.19. The molecule has 1 aromatic rings. The largest absolute Gasteiger partial charge is 0.346 e. The fourth-order valence-electron chi connectivity index (χ4n) is 2.47. The van der Waals surface area contributed by atoms with E-state index in [2.05, 4.69) is 5.32 Å². The molecular formula is C16H23N3O2. The lowest BCUT2D eigenvalue weighted by molar-refractivity contribution is -0.132. The first-order valence-corrected chi connectivity index (χ1v) is 7.52. The summed E-state index contributed by atoms with van der Waals surface area (Å²) in [5.74, 6) is -0.269. The van der Waals surface area contributed by atoms with E-state index in [-0.39, 0.29) is 18.4 Å². The Morgan fingerprint density at radius 2 is 1.86 bits per heavy atom. The van der Waals surface area contributed by atoms with Gasteiger partial charge in [0, 0.05) is 13.1 Å². The van der Waals surface area contributed by atoms with Crippen LogP contribution in [0.3, 0.4) is 0 Å². The predicted octanol–water partition coefficient (Wildman–Crippen LogP) is 0.685. The van der Waals surface area contributed by atoms with Crippen molar-refractivity contribution in [1.29, 1.82) is 0 Å². The van der Waals surface area contributed by atoms with Crippen molar-refractivity contribution in [2.75, 3.05) is 19.6 Å². The van der Waals surface area contributed by atoms with Crippen LogP contribution in [-0.4, -0.2) is 42.4 Å². The summed E-state index contributed by atoms with van der Waals surface area (Å²) in [6, 6.07) is 9.35. The maximum absolute atomic E-state index is 11.9. The van der Waals surface area contributed by atoms with E-state index in [0.717, 1.165) is 37.9 Å². The Bertz CT molecular complexity index is 470. The van der Waals surface area contributed by atoms with Gasteiger partial charge in [-0.2, -0.15) is 0 Å². The normalized spacial score (nSPS) is 15.8. The lowest BCUT2D eigenvalue weighted by Crippen LogP contribution is -2.45. The molecule has 114 valence electrons. The number of carbonyl (C=O) groups excluding carboxylic acids is 2. The minimum atomic E-state index is -0.573. The van der Waals surface area contributed by atoms with Gasteiger partial charge in [0.15, 0.2) is 0 Å². The van der Waals surface area contributed by atoms with E-state index >= 15 is 0 Å². The molecule has 1 fully saturated rings. The number of aryl methyl sites for hydroxylation is 1. The number of likely N-dealkylation sites (tertiary alicyclic amines) is 1. The molecule has 1 aliphatic heterocycles. The number of carbonyl (C=O) groups is 2. The summed E-state index contributed by atoms with van der Waals surface area (Å²) in [6.07, 6.45) is 3.44. The molecule has 5 nitrogen and oxygen atoms in total. The summed E-state index contributed by atoms with van der Waals surface area (Å²) in [4.78, 5) is 25.5. The van der Waals surface area contributed by atoms with Gasteiger partial charge in [-0.15, -0.1) is 0 Å². The molecule has 3 N–H and O–H groups in total. The van der Waals surface area contributed by atoms with Gasteiger partial charge in [0.2, 0.25) is 11.8 Å². The molecule has 1 aromatic carbocycles. The molecule has 2 rings (SSSR count). The van der Waals surface area contributed by atoms with Gasteiger partial charge in [-0.1, -0.05) is 30.3 Å². The Hall–Kier alpha value is -1.88. The number of benzene rings is 1. The summed E-state index contributed by atoms with van der Waals surface area (Å²) < 4.78 is 0. The van der Waals surface area contributed by atoms with Crippen molar-refractivity contribution in [3.63, 3.8) is 0 Å². The van der Waals surface area contributed by atoms with Gasteiger partial charge in [0.1, 0.15) is 0 Å². The van der Waals surface area contributed by atoms with Crippen LogP contribution in [0.25, 0.3) is 0 Å². The van der Waals surface area contributed by atoms with Crippen LogP contribution >= 0.6 is 0 Å². The van der Waals surface area contributed by atoms with E-state index in [0.29, 0.717) is 6.42 Å². The Morgan fingerprint density at radius 3 is 2.52 bits per heavy atom. The van der Waals surface area contributed by atoms with E-state index in [9.17, 15) is 9.59 Å². The van der Waals surface area contributed by atoms with E-state index in [1.807, 2.05) is 30.3 Å². The number of nitrogens with two attached hydrogens (primary N) is 1. The molecule has 0 aromatic heterocycles. The van der Waals surface area contributed by atoms with Crippen molar-refractivity contribution in [3.05, 3.63) is 35.9 Å². The van der Waals surface area contributed by atoms with Gasteiger partial charge in [-0.3, -0.25) is 9.59 Å². The highest BCUT2D eigenvalue weighted by molar-refractivity contribution is 5.87. The zero-order valence-electron chi connectivity index (χ0n) is 12.3. The second kappa shape index (κ2) is 7.78. The minimum Gasteiger partial charge on any atom is -0.346 e. The van der Waals surface area contributed by atoms with E-state index in [1.54, 1.807) is 4.90 Å². The van der Waals surface area contributed by atoms with Crippen LogP contribution in [0.1, 0.15) is 24.8 Å². The quantitative estimate of drug-likeness (QED) is 0.809. The molecule has 0 unspecified atom stereocenters. The van der Waals surface area contributed by atoms with E-state index in [4.69, 9.17) is 5.73 Å². The van der Waals surface area contributed by atoms with Crippen molar-refractivity contribution in [3.8, 4) is 0 Å². The number of rotatable bonds is 6. The number of nitrogens with one attached hydrogen (secondary N) is 1. The van der Waals surface area contributed by atoms with E-state index < -0.39 is 6.04 Å². The van der Waals surface area contributed by atoms with Gasteiger partial charge in [0.05, 0.1) is 12.6 Å². The topological polar surface area (TPSA) is 75.4 Å². The van der Waals surface area contributed by atoms with Crippen LogP contribution in [0, 0.1) is 0 Å². The van der Waals surface area contributed by atoms with Crippen molar-refractivity contribution in [1.82, 2.24) is 10.2 Å². The zero-order chi connectivity index (χ0) is 15.1. The highest BCUT2D eigenvalue weighted by Crippen LogP contribution is 2.07. The third-order valence-electron chi connectivity index (χ3n) is 3.80. The van der Waals surface area contributed by atoms with Crippen LogP contribution in [0.4, 0.5) is 0 Å². The molecule has 0 saturated carbocycles. The Kier molecular flexibility index (Phi) is 5.75. The zero-order valence-corrected chi connectivity index (χ0v) is 12.3. The van der Waals surface area contributed by atoms with Gasteiger partial charge < -0.3 is 16.0 Å². The summed E-state index contributed by atoms with van der Waals surface area (Å²) in [6.45, 7) is 1.65. The fourth-order valence-corrected chi connectivity index (χ4v) is 2.47. The lowest BCUT2D eigenvalue weighted by Gasteiger charge is -2.17. The standard InChI is InChI=1S/C16H23N3O2/c17-14(9-8-13-6-2-1-3-7-13)16(21)18-12-15(20)19-10-4-5-11-19/h1-3,6-7,14H,4-5,8-12,17H2,(H,18,21)/t14-/m0/s1. The maximum atomic E-state index is 11.9. The van der Waals surface area contributed by atoms with Gasteiger partial charge in [-0.05, 0) is 31.2 Å². The fraction of sp³-hybridized carbons (Fsp3) is 0.500. The number of nitrogens with zero attached hydrogens (tertiary/aromatic N) is 1. The van der Waals surface area contributed by atoms with Crippen LogP contribution in [0.15, 0.2) is 30.3 Å². The van der Waals surface area contributed by atoms with Crippen LogP contribution in [0.2, 0.25) is 0 Å². The molecule has 0 bridgehead atoms. The summed E-state index contributed by atoms with van der Waals surface area (Å²) >= 11 is 0. The first-order chi connectivity index (χ1) is 10.2. The van der Waals surface area contributed by atoms with Crippen LogP contribution < -0.4 is 11.1 Å². The number of hydrogen-bond donors (Lipinski definition) is 2. The smallest absolute Gasteiger partial charge is 0.241 e. The minimum absolute atomic E-state index is 0.0175. The molecule has 1 aliphatic rings.